The number of nitrogens with zero attached hydrogens (tertiary/aromatic N) is 2. The Labute approximate surface area is 160 Å². The number of carbonyl (C=O) groups is 2. The number of nitrogens with one attached hydrogen (secondary N) is 1. The maximum Gasteiger partial charge on any atom is 0.264 e. The lowest BCUT2D eigenvalue weighted by molar-refractivity contribution is -0.121. The molecule has 2 aliphatic rings. The molecule has 0 unspecified atom stereocenters. The van der Waals surface area contributed by atoms with Crippen LogP contribution in [0.4, 0.5) is 11.4 Å². The van der Waals surface area contributed by atoms with E-state index >= 15 is 0 Å². The van der Waals surface area contributed by atoms with Crippen LogP contribution in [0.3, 0.4) is 0 Å². The minimum absolute atomic E-state index is 0.0227. The van der Waals surface area contributed by atoms with Gasteiger partial charge in [0, 0.05) is 42.2 Å². The topological polar surface area (TPSA) is 91.8 Å². The van der Waals surface area contributed by atoms with E-state index in [9.17, 15) is 14.7 Å². The normalized spacial score (nSPS) is 18.3. The lowest BCUT2D eigenvalue weighted by atomic mass is 9.86. The van der Waals surface area contributed by atoms with E-state index in [0.717, 1.165) is 10.9 Å². The summed E-state index contributed by atoms with van der Waals surface area (Å²) in [7, 11) is 1.71. The molecule has 5 rings (SSSR count). The molecule has 2 aromatic carbocycles. The highest BCUT2D eigenvalue weighted by molar-refractivity contribution is 6.00. The number of likely N-dealkylation sites (N-methyl/N-ethyl adjacent to an activating group) is 1. The van der Waals surface area contributed by atoms with Crippen LogP contribution in [0.1, 0.15) is 23.6 Å². The second-order valence-corrected chi connectivity index (χ2v) is 7.04. The molecule has 0 spiro atoms. The highest BCUT2D eigenvalue weighted by Crippen LogP contribution is 2.44. The number of carbonyl (C=O) groups excluding carboxylic acids is 2. The predicted molar refractivity (Wildman–Crippen MR) is 104 cm³/mol. The third-order valence-corrected chi connectivity index (χ3v) is 5.33. The van der Waals surface area contributed by atoms with Crippen molar-refractivity contribution in [2.75, 3.05) is 23.9 Å². The second kappa shape index (κ2) is 5.95. The Kier molecular flexibility index (Phi) is 3.52. The molecule has 2 aliphatic heterocycles. The molecule has 0 saturated heterocycles. The van der Waals surface area contributed by atoms with Crippen molar-refractivity contribution < 1.29 is 19.4 Å². The summed E-state index contributed by atoms with van der Waals surface area (Å²) in [4.78, 5) is 30.5. The summed E-state index contributed by atoms with van der Waals surface area (Å²) in [5.74, 6) is 0.132. The van der Waals surface area contributed by atoms with E-state index in [-0.39, 0.29) is 36.5 Å². The molecular weight excluding hydrogens is 358 g/mol. The first-order chi connectivity index (χ1) is 13.5. The summed E-state index contributed by atoms with van der Waals surface area (Å²) in [5, 5.41) is 13.9. The van der Waals surface area contributed by atoms with Gasteiger partial charge in [-0.3, -0.25) is 9.59 Å². The molecule has 0 bridgehead atoms. The molecular formula is C21H17N3O4. The van der Waals surface area contributed by atoms with Crippen LogP contribution in [0.25, 0.3) is 10.9 Å². The van der Waals surface area contributed by atoms with Gasteiger partial charge in [0.05, 0.1) is 5.69 Å². The number of rotatable bonds is 1. The van der Waals surface area contributed by atoms with Crippen LogP contribution >= 0.6 is 0 Å². The third-order valence-electron chi connectivity index (χ3n) is 5.33. The van der Waals surface area contributed by atoms with Crippen LogP contribution in [-0.2, 0) is 9.59 Å². The predicted octanol–water partition coefficient (Wildman–Crippen LogP) is 2.77. The number of aromatic nitrogens is 1. The van der Waals surface area contributed by atoms with Crippen molar-refractivity contribution >= 4 is 34.1 Å². The fourth-order valence-corrected chi connectivity index (χ4v) is 3.83. The molecule has 0 radical (unpaired) electrons. The van der Waals surface area contributed by atoms with E-state index in [2.05, 4.69) is 10.3 Å². The molecule has 0 fully saturated rings. The number of hydrogen-bond donors (Lipinski definition) is 2. The summed E-state index contributed by atoms with van der Waals surface area (Å²) in [6.07, 6.45) is 0.233. The van der Waals surface area contributed by atoms with Gasteiger partial charge in [0.25, 0.3) is 5.91 Å². The maximum atomic E-state index is 12.3. The minimum atomic E-state index is -0.288. The summed E-state index contributed by atoms with van der Waals surface area (Å²) >= 11 is 0. The van der Waals surface area contributed by atoms with Crippen molar-refractivity contribution in [1.29, 1.82) is 0 Å². The number of pyridine rings is 1. The number of benzene rings is 2. The van der Waals surface area contributed by atoms with Crippen LogP contribution in [0.15, 0.2) is 42.5 Å². The van der Waals surface area contributed by atoms with Crippen LogP contribution < -0.4 is 15.0 Å². The average Bonchev–Trinajstić information content (AvgIpc) is 2.69. The van der Waals surface area contributed by atoms with E-state index in [0.29, 0.717) is 28.3 Å². The van der Waals surface area contributed by atoms with Gasteiger partial charge in [0.1, 0.15) is 17.0 Å². The summed E-state index contributed by atoms with van der Waals surface area (Å²) in [6.45, 7) is -0.0227. The van der Waals surface area contributed by atoms with Crippen molar-refractivity contribution in [1.82, 2.24) is 4.98 Å². The van der Waals surface area contributed by atoms with Crippen molar-refractivity contribution in [3.8, 4) is 11.5 Å². The van der Waals surface area contributed by atoms with Gasteiger partial charge in [-0.1, -0.05) is 18.2 Å². The lowest BCUT2D eigenvalue weighted by Crippen LogP contribution is -2.36. The number of amides is 2. The van der Waals surface area contributed by atoms with Gasteiger partial charge in [-0.2, -0.15) is 0 Å². The number of phenols is 1. The van der Waals surface area contributed by atoms with Crippen molar-refractivity contribution in [2.24, 2.45) is 0 Å². The zero-order valence-electron chi connectivity index (χ0n) is 15.1. The van der Waals surface area contributed by atoms with Gasteiger partial charge in [-0.05, 0) is 23.8 Å². The first kappa shape index (κ1) is 16.6. The standard InChI is InChI=1S/C21H17N3O4/c1-24-16-7-12-13(14-6-5-11-3-2-4-17(25)21(11)23-14)8-19(26)22-15(12)9-18(16)28-10-20(24)27/h2-7,9,13,25H,8,10H2,1H3,(H,22,26)/t13-/m1/s1. The lowest BCUT2D eigenvalue weighted by Gasteiger charge is -2.31. The Hall–Kier alpha value is -3.61. The van der Waals surface area contributed by atoms with Gasteiger partial charge < -0.3 is 20.1 Å². The van der Waals surface area contributed by atoms with Gasteiger partial charge >= 0.3 is 0 Å². The van der Waals surface area contributed by atoms with Crippen molar-refractivity contribution in [3.05, 3.63) is 53.7 Å². The molecule has 3 aromatic rings. The first-order valence-electron chi connectivity index (χ1n) is 8.97. The average molecular weight is 375 g/mol. The fourth-order valence-electron chi connectivity index (χ4n) is 3.83. The Balaban J connectivity index is 1.67. The van der Waals surface area contributed by atoms with E-state index in [1.54, 1.807) is 30.1 Å². The molecule has 3 heterocycles. The molecule has 1 atom stereocenters. The SMILES string of the molecule is CN1C(=O)COc2cc3c(cc21)[C@H](c1ccc2cccc(O)c2n1)CC(=O)N3. The number of ether oxygens (including phenoxy) is 1. The zero-order valence-corrected chi connectivity index (χ0v) is 15.1. The summed E-state index contributed by atoms with van der Waals surface area (Å²) in [5.41, 5.74) is 3.38. The molecule has 2 amide bonds. The molecule has 0 saturated carbocycles. The van der Waals surface area contributed by atoms with E-state index in [1.165, 1.54) is 0 Å². The summed E-state index contributed by atoms with van der Waals surface area (Å²) < 4.78 is 5.53. The number of anilines is 2. The van der Waals surface area contributed by atoms with Crippen LogP contribution in [0.5, 0.6) is 11.5 Å². The molecule has 0 aliphatic carbocycles. The van der Waals surface area contributed by atoms with E-state index < -0.39 is 0 Å². The quantitative estimate of drug-likeness (QED) is 0.682. The third kappa shape index (κ3) is 2.47. The molecule has 140 valence electrons. The Morgan fingerprint density at radius 3 is 2.93 bits per heavy atom. The number of aromatic hydroxyl groups is 1. The second-order valence-electron chi connectivity index (χ2n) is 7.04. The summed E-state index contributed by atoms with van der Waals surface area (Å²) in [6, 6.07) is 12.6. The van der Waals surface area contributed by atoms with E-state index in [4.69, 9.17) is 4.74 Å². The van der Waals surface area contributed by atoms with Crippen molar-refractivity contribution in [2.45, 2.75) is 12.3 Å². The Morgan fingerprint density at radius 1 is 1.21 bits per heavy atom. The fraction of sp³-hybridized carbons (Fsp3) is 0.190. The Bertz CT molecular complexity index is 1160. The molecule has 1 aromatic heterocycles. The monoisotopic (exact) mass is 375 g/mol. The number of fused-ring (bicyclic) bond motifs is 3. The van der Waals surface area contributed by atoms with Crippen LogP contribution in [-0.4, -0.2) is 35.6 Å². The highest BCUT2D eigenvalue weighted by Gasteiger charge is 2.32. The smallest absolute Gasteiger partial charge is 0.264 e. The number of phenolic OH excluding ortho intramolecular Hbond substituents is 1. The zero-order chi connectivity index (χ0) is 19.4. The molecule has 28 heavy (non-hydrogen) atoms. The van der Waals surface area contributed by atoms with Gasteiger partial charge in [0.15, 0.2) is 6.61 Å². The number of hydrogen-bond acceptors (Lipinski definition) is 5. The van der Waals surface area contributed by atoms with Gasteiger partial charge in [-0.25, -0.2) is 4.98 Å². The highest BCUT2D eigenvalue weighted by atomic mass is 16.5. The number of para-hydroxylation sites is 1. The van der Waals surface area contributed by atoms with Gasteiger partial charge in [-0.15, -0.1) is 0 Å². The minimum Gasteiger partial charge on any atom is -0.506 e. The molecule has 7 nitrogen and oxygen atoms in total. The molecule has 7 heteroatoms. The van der Waals surface area contributed by atoms with Crippen LogP contribution in [0, 0.1) is 0 Å². The largest absolute Gasteiger partial charge is 0.506 e. The van der Waals surface area contributed by atoms with Crippen molar-refractivity contribution in [3.63, 3.8) is 0 Å². The van der Waals surface area contributed by atoms with Gasteiger partial charge in [0.2, 0.25) is 5.91 Å². The molecule has 2 N–H and O–H groups in total. The van der Waals surface area contributed by atoms with Crippen LogP contribution in [0.2, 0.25) is 0 Å². The first-order valence-corrected chi connectivity index (χ1v) is 8.97. The maximum absolute atomic E-state index is 12.3. The van der Waals surface area contributed by atoms with E-state index in [1.807, 2.05) is 24.3 Å². The Morgan fingerprint density at radius 2 is 2.07 bits per heavy atom.